The van der Waals surface area contributed by atoms with E-state index in [1.54, 1.807) is 25.1 Å². The molecule has 1 heterocycles. The van der Waals surface area contributed by atoms with Crippen LogP contribution in [0.5, 0.6) is 5.75 Å². The van der Waals surface area contributed by atoms with Crippen molar-refractivity contribution in [3.05, 3.63) is 34.1 Å². The number of carboxylic acids is 1. The number of aromatic nitrogens is 1. The largest absolute Gasteiger partial charge is 0.496 e. The van der Waals surface area contributed by atoms with Gasteiger partial charge >= 0.3 is 5.97 Å². The summed E-state index contributed by atoms with van der Waals surface area (Å²) in [7, 11) is 1.53. The molecule has 0 saturated carbocycles. The van der Waals surface area contributed by atoms with E-state index < -0.39 is 5.97 Å². The molecule has 2 rings (SSSR count). The Morgan fingerprint density at radius 1 is 1.50 bits per heavy atom. The SMILES string of the molecule is COc1cc(Br)ccc1-c1nc(C)c(C(=O)O)o1. The van der Waals surface area contributed by atoms with Gasteiger partial charge in [-0.05, 0) is 25.1 Å². The van der Waals surface area contributed by atoms with E-state index in [0.29, 0.717) is 17.0 Å². The molecule has 0 bridgehead atoms. The molecule has 1 aromatic heterocycles. The molecule has 2 aromatic rings. The van der Waals surface area contributed by atoms with Crippen LogP contribution in [0.1, 0.15) is 16.2 Å². The lowest BCUT2D eigenvalue weighted by Gasteiger charge is -2.05. The summed E-state index contributed by atoms with van der Waals surface area (Å²) in [5.41, 5.74) is 0.943. The number of rotatable bonds is 3. The van der Waals surface area contributed by atoms with E-state index in [1.165, 1.54) is 7.11 Å². The van der Waals surface area contributed by atoms with E-state index in [2.05, 4.69) is 20.9 Å². The highest BCUT2D eigenvalue weighted by atomic mass is 79.9. The first kappa shape index (κ1) is 12.6. The zero-order chi connectivity index (χ0) is 13.3. The molecule has 1 N–H and O–H groups in total. The molecule has 94 valence electrons. The summed E-state index contributed by atoms with van der Waals surface area (Å²) in [6.45, 7) is 1.59. The number of halogens is 1. The molecule has 0 atom stereocenters. The summed E-state index contributed by atoms with van der Waals surface area (Å²) in [4.78, 5) is 15.0. The van der Waals surface area contributed by atoms with Gasteiger partial charge in [0.1, 0.15) is 5.75 Å². The van der Waals surface area contributed by atoms with Crippen molar-refractivity contribution in [2.45, 2.75) is 6.92 Å². The van der Waals surface area contributed by atoms with Gasteiger partial charge in [-0.1, -0.05) is 15.9 Å². The third-order valence-electron chi connectivity index (χ3n) is 2.38. The van der Waals surface area contributed by atoms with Crippen LogP contribution >= 0.6 is 15.9 Å². The number of nitrogens with zero attached hydrogens (tertiary/aromatic N) is 1. The number of hydrogen-bond donors (Lipinski definition) is 1. The molecule has 0 unspecified atom stereocenters. The zero-order valence-corrected chi connectivity index (χ0v) is 11.3. The Hall–Kier alpha value is -1.82. The Labute approximate surface area is 112 Å². The topological polar surface area (TPSA) is 72.6 Å². The lowest BCUT2D eigenvalue weighted by molar-refractivity contribution is 0.0662. The molecular weight excluding hydrogens is 302 g/mol. The van der Waals surface area contributed by atoms with Gasteiger partial charge in [0.25, 0.3) is 0 Å². The standard InChI is InChI=1S/C12H10BrNO4/c1-6-10(12(15)16)18-11(14-6)8-4-3-7(13)5-9(8)17-2/h3-5H,1-2H3,(H,15,16). The lowest BCUT2D eigenvalue weighted by atomic mass is 10.2. The molecule has 18 heavy (non-hydrogen) atoms. The smallest absolute Gasteiger partial charge is 0.373 e. The lowest BCUT2D eigenvalue weighted by Crippen LogP contribution is -1.95. The minimum Gasteiger partial charge on any atom is -0.496 e. The van der Waals surface area contributed by atoms with Crippen molar-refractivity contribution in [3.63, 3.8) is 0 Å². The fraction of sp³-hybridized carbons (Fsp3) is 0.167. The summed E-state index contributed by atoms with van der Waals surface area (Å²) in [5.74, 6) is -0.505. The normalized spacial score (nSPS) is 10.4. The van der Waals surface area contributed by atoms with E-state index in [1.807, 2.05) is 0 Å². The molecule has 0 spiro atoms. The van der Waals surface area contributed by atoms with Gasteiger partial charge in [-0.25, -0.2) is 9.78 Å². The van der Waals surface area contributed by atoms with E-state index in [9.17, 15) is 4.79 Å². The number of aryl methyl sites for hydroxylation is 1. The van der Waals surface area contributed by atoms with Crippen molar-refractivity contribution < 1.29 is 19.1 Å². The minimum atomic E-state index is -1.14. The minimum absolute atomic E-state index is 0.157. The van der Waals surface area contributed by atoms with Gasteiger partial charge < -0.3 is 14.3 Å². The van der Waals surface area contributed by atoms with Crippen molar-refractivity contribution in [3.8, 4) is 17.2 Å². The Balaban J connectivity index is 2.55. The van der Waals surface area contributed by atoms with Crippen molar-refractivity contribution >= 4 is 21.9 Å². The van der Waals surface area contributed by atoms with Gasteiger partial charge in [0.2, 0.25) is 11.7 Å². The first-order valence-corrected chi connectivity index (χ1v) is 5.87. The van der Waals surface area contributed by atoms with Crippen LogP contribution in [0, 0.1) is 6.92 Å². The maximum atomic E-state index is 10.9. The second kappa shape index (κ2) is 4.81. The highest BCUT2D eigenvalue weighted by Gasteiger charge is 2.19. The van der Waals surface area contributed by atoms with Crippen LogP contribution < -0.4 is 4.74 Å². The van der Waals surface area contributed by atoms with E-state index in [-0.39, 0.29) is 11.7 Å². The number of aromatic carboxylic acids is 1. The average molecular weight is 312 g/mol. The van der Waals surface area contributed by atoms with Crippen LogP contribution in [0.25, 0.3) is 11.5 Å². The number of benzene rings is 1. The maximum Gasteiger partial charge on any atom is 0.373 e. The second-order valence-corrected chi connectivity index (χ2v) is 4.50. The van der Waals surface area contributed by atoms with Crippen LogP contribution in [-0.4, -0.2) is 23.2 Å². The summed E-state index contributed by atoms with van der Waals surface area (Å²) >= 11 is 3.33. The highest BCUT2D eigenvalue weighted by Crippen LogP contribution is 2.32. The molecule has 0 saturated heterocycles. The van der Waals surface area contributed by atoms with Crippen LogP contribution in [0.2, 0.25) is 0 Å². The Bertz CT molecular complexity index is 606. The zero-order valence-electron chi connectivity index (χ0n) is 9.73. The summed E-state index contributed by atoms with van der Waals surface area (Å²) in [6, 6.07) is 5.31. The van der Waals surface area contributed by atoms with Gasteiger partial charge in [-0.3, -0.25) is 0 Å². The summed E-state index contributed by atoms with van der Waals surface area (Å²) in [5, 5.41) is 8.92. The Morgan fingerprint density at radius 3 is 2.78 bits per heavy atom. The number of hydrogen-bond acceptors (Lipinski definition) is 4. The van der Waals surface area contributed by atoms with Crippen LogP contribution in [-0.2, 0) is 0 Å². The fourth-order valence-electron chi connectivity index (χ4n) is 1.55. The van der Waals surface area contributed by atoms with Gasteiger partial charge in [0, 0.05) is 4.47 Å². The summed E-state index contributed by atoms with van der Waals surface area (Å²) in [6.07, 6.45) is 0. The first-order valence-electron chi connectivity index (χ1n) is 5.07. The molecule has 5 nitrogen and oxygen atoms in total. The molecule has 0 amide bonds. The highest BCUT2D eigenvalue weighted by molar-refractivity contribution is 9.10. The van der Waals surface area contributed by atoms with Crippen molar-refractivity contribution in [2.75, 3.05) is 7.11 Å². The second-order valence-electron chi connectivity index (χ2n) is 3.58. The number of carboxylic acid groups (broad SMARTS) is 1. The van der Waals surface area contributed by atoms with E-state index in [4.69, 9.17) is 14.3 Å². The molecule has 6 heteroatoms. The number of carbonyl (C=O) groups is 1. The molecule has 0 aliphatic carbocycles. The molecular formula is C12H10BrNO4. The van der Waals surface area contributed by atoms with Crippen LogP contribution in [0.4, 0.5) is 0 Å². The van der Waals surface area contributed by atoms with Gasteiger partial charge in [0.15, 0.2) is 0 Å². The number of methoxy groups -OCH3 is 1. The van der Waals surface area contributed by atoms with Gasteiger partial charge in [0.05, 0.1) is 18.4 Å². The van der Waals surface area contributed by atoms with E-state index in [0.717, 1.165) is 4.47 Å². The third kappa shape index (κ3) is 2.24. The summed E-state index contributed by atoms with van der Waals surface area (Å²) < 4.78 is 11.3. The van der Waals surface area contributed by atoms with Crippen molar-refractivity contribution in [2.24, 2.45) is 0 Å². The third-order valence-corrected chi connectivity index (χ3v) is 2.88. The maximum absolute atomic E-state index is 10.9. The number of oxazole rings is 1. The quantitative estimate of drug-likeness (QED) is 0.942. The average Bonchev–Trinajstić information content (AvgIpc) is 2.71. The van der Waals surface area contributed by atoms with Crippen LogP contribution in [0.3, 0.4) is 0 Å². The van der Waals surface area contributed by atoms with Gasteiger partial charge in [-0.15, -0.1) is 0 Å². The molecule has 0 fully saturated rings. The Morgan fingerprint density at radius 2 is 2.22 bits per heavy atom. The van der Waals surface area contributed by atoms with Crippen molar-refractivity contribution in [1.29, 1.82) is 0 Å². The van der Waals surface area contributed by atoms with Gasteiger partial charge in [-0.2, -0.15) is 0 Å². The van der Waals surface area contributed by atoms with Crippen molar-refractivity contribution in [1.82, 2.24) is 4.98 Å². The fourth-order valence-corrected chi connectivity index (χ4v) is 1.89. The first-order chi connectivity index (χ1) is 8.52. The van der Waals surface area contributed by atoms with E-state index >= 15 is 0 Å². The molecule has 1 aromatic carbocycles. The predicted molar refractivity (Wildman–Crippen MR) is 67.9 cm³/mol. The predicted octanol–water partition coefficient (Wildman–Crippen LogP) is 3.12. The monoisotopic (exact) mass is 311 g/mol. The van der Waals surface area contributed by atoms with Crippen LogP contribution in [0.15, 0.2) is 27.1 Å². The number of ether oxygens (including phenoxy) is 1. The molecule has 0 aliphatic rings. The molecule has 0 aliphatic heterocycles. The Kier molecular flexibility index (Phi) is 3.38. The molecule has 0 radical (unpaired) electrons.